The summed E-state index contributed by atoms with van der Waals surface area (Å²) in [6, 6.07) is 5.04. The molecule has 0 aliphatic heterocycles. The quantitative estimate of drug-likeness (QED) is 0.487. The van der Waals surface area contributed by atoms with Crippen LogP contribution in [-0.2, 0) is 6.42 Å². The van der Waals surface area contributed by atoms with E-state index >= 15 is 0 Å². The van der Waals surface area contributed by atoms with Gasteiger partial charge in [0.2, 0.25) is 0 Å². The van der Waals surface area contributed by atoms with E-state index in [9.17, 15) is 15.3 Å². The van der Waals surface area contributed by atoms with Crippen molar-refractivity contribution in [3.8, 4) is 11.5 Å². The van der Waals surface area contributed by atoms with Crippen LogP contribution >= 0.6 is 0 Å². The number of anilines is 1. The van der Waals surface area contributed by atoms with Gasteiger partial charge in [0.1, 0.15) is 5.82 Å². The fourth-order valence-corrected chi connectivity index (χ4v) is 3.45. The van der Waals surface area contributed by atoms with Crippen molar-refractivity contribution >= 4 is 17.0 Å². The lowest BCUT2D eigenvalue weighted by atomic mass is 9.96. The second kappa shape index (κ2) is 8.87. The van der Waals surface area contributed by atoms with Crippen molar-refractivity contribution in [3.63, 3.8) is 0 Å². The summed E-state index contributed by atoms with van der Waals surface area (Å²) in [5, 5.41) is 29.2. The standard InChI is InChI=1S/C22H31N5O3/c1-13(2)16(11-28)20-24-21(19-22(25-20)27(12-23-19)14(3)4)26(5)9-8-15-6-7-17(29)18(30)10-15/h6-7,10,12-14,16,28-30H,8-9,11H2,1-5H3. The smallest absolute Gasteiger partial charge is 0.166 e. The Morgan fingerprint density at radius 2 is 1.80 bits per heavy atom. The average Bonchev–Trinajstić information content (AvgIpc) is 3.12. The van der Waals surface area contributed by atoms with Gasteiger partial charge in [0, 0.05) is 25.6 Å². The predicted molar refractivity (Wildman–Crippen MR) is 117 cm³/mol. The summed E-state index contributed by atoms with van der Waals surface area (Å²) < 4.78 is 2.02. The summed E-state index contributed by atoms with van der Waals surface area (Å²) in [6.07, 6.45) is 2.44. The van der Waals surface area contributed by atoms with E-state index in [0.717, 1.165) is 22.5 Å². The average molecular weight is 414 g/mol. The van der Waals surface area contributed by atoms with Crippen LogP contribution in [0.15, 0.2) is 24.5 Å². The highest BCUT2D eigenvalue weighted by atomic mass is 16.3. The van der Waals surface area contributed by atoms with Gasteiger partial charge in [0.05, 0.1) is 12.9 Å². The largest absolute Gasteiger partial charge is 0.504 e. The molecule has 0 amide bonds. The lowest BCUT2D eigenvalue weighted by molar-refractivity contribution is 0.232. The molecule has 30 heavy (non-hydrogen) atoms. The van der Waals surface area contributed by atoms with Crippen molar-refractivity contribution in [3.05, 3.63) is 35.9 Å². The molecule has 8 heteroatoms. The van der Waals surface area contributed by atoms with E-state index in [1.165, 1.54) is 6.07 Å². The van der Waals surface area contributed by atoms with E-state index in [0.29, 0.717) is 18.8 Å². The molecule has 3 N–H and O–H groups in total. The molecule has 3 rings (SSSR count). The summed E-state index contributed by atoms with van der Waals surface area (Å²) in [5.74, 6) is 1.12. The van der Waals surface area contributed by atoms with Gasteiger partial charge >= 0.3 is 0 Å². The van der Waals surface area contributed by atoms with Gasteiger partial charge in [-0.2, -0.15) is 0 Å². The number of hydrogen-bond acceptors (Lipinski definition) is 7. The first-order valence-electron chi connectivity index (χ1n) is 10.3. The van der Waals surface area contributed by atoms with Crippen LogP contribution in [0.4, 0.5) is 5.82 Å². The lowest BCUT2D eigenvalue weighted by Crippen LogP contribution is -2.24. The first-order chi connectivity index (χ1) is 14.2. The van der Waals surface area contributed by atoms with Gasteiger partial charge in [-0.25, -0.2) is 15.0 Å². The number of rotatable bonds is 8. The van der Waals surface area contributed by atoms with Gasteiger partial charge < -0.3 is 24.8 Å². The highest BCUT2D eigenvalue weighted by Gasteiger charge is 2.23. The first-order valence-corrected chi connectivity index (χ1v) is 10.3. The molecule has 0 aliphatic rings. The van der Waals surface area contributed by atoms with Crippen LogP contribution in [0.25, 0.3) is 11.2 Å². The summed E-state index contributed by atoms with van der Waals surface area (Å²) in [6.45, 7) is 8.87. The van der Waals surface area contributed by atoms with Gasteiger partial charge in [0.15, 0.2) is 28.5 Å². The number of aromatic hydroxyl groups is 2. The van der Waals surface area contributed by atoms with Gasteiger partial charge in [-0.1, -0.05) is 19.9 Å². The zero-order valence-corrected chi connectivity index (χ0v) is 18.2. The van der Waals surface area contributed by atoms with Crippen molar-refractivity contribution in [1.29, 1.82) is 0 Å². The Kier molecular flexibility index (Phi) is 6.45. The van der Waals surface area contributed by atoms with Gasteiger partial charge in [-0.05, 0) is 43.9 Å². The predicted octanol–water partition coefficient (Wildman–Crippen LogP) is 3.23. The minimum absolute atomic E-state index is 0.0189. The van der Waals surface area contributed by atoms with E-state index < -0.39 is 0 Å². The maximum Gasteiger partial charge on any atom is 0.166 e. The second-order valence-corrected chi connectivity index (χ2v) is 8.35. The number of aliphatic hydroxyl groups is 1. The maximum absolute atomic E-state index is 9.92. The second-order valence-electron chi connectivity index (χ2n) is 8.35. The number of fused-ring (bicyclic) bond motifs is 1. The van der Waals surface area contributed by atoms with Crippen LogP contribution in [0.3, 0.4) is 0 Å². The highest BCUT2D eigenvalue weighted by Crippen LogP contribution is 2.30. The molecule has 1 aromatic carbocycles. The van der Waals surface area contributed by atoms with Crippen molar-refractivity contribution < 1.29 is 15.3 Å². The number of nitrogens with zero attached hydrogens (tertiary/aromatic N) is 5. The Labute approximate surface area is 176 Å². The third kappa shape index (κ3) is 4.33. The minimum Gasteiger partial charge on any atom is -0.504 e. The van der Waals surface area contributed by atoms with Crippen LogP contribution in [0, 0.1) is 5.92 Å². The van der Waals surface area contributed by atoms with Crippen LogP contribution in [0.5, 0.6) is 11.5 Å². The molecule has 0 bridgehead atoms. The first kappa shape index (κ1) is 21.8. The van der Waals surface area contributed by atoms with Crippen molar-refractivity contribution in [1.82, 2.24) is 19.5 Å². The number of hydrogen-bond donors (Lipinski definition) is 3. The molecule has 162 valence electrons. The molecule has 1 atom stereocenters. The molecule has 0 radical (unpaired) electrons. The van der Waals surface area contributed by atoms with Gasteiger partial charge in [-0.15, -0.1) is 0 Å². The van der Waals surface area contributed by atoms with E-state index in [1.807, 2.05) is 16.5 Å². The third-order valence-electron chi connectivity index (χ3n) is 5.45. The van der Waals surface area contributed by atoms with E-state index in [4.69, 9.17) is 9.97 Å². The molecule has 0 aliphatic carbocycles. The molecule has 2 aromatic heterocycles. The molecule has 1 unspecified atom stereocenters. The normalized spacial score (nSPS) is 12.8. The highest BCUT2D eigenvalue weighted by molar-refractivity contribution is 5.83. The third-order valence-corrected chi connectivity index (χ3v) is 5.45. The number of aliphatic hydroxyl groups excluding tert-OH is 1. The molecule has 8 nitrogen and oxygen atoms in total. The molecule has 0 fully saturated rings. The summed E-state index contributed by atoms with van der Waals surface area (Å²) in [5.41, 5.74) is 2.40. The van der Waals surface area contributed by atoms with Crippen LogP contribution in [0.2, 0.25) is 0 Å². The van der Waals surface area contributed by atoms with Crippen LogP contribution in [0.1, 0.15) is 51.0 Å². The molecule has 0 saturated carbocycles. The van der Waals surface area contributed by atoms with Crippen LogP contribution in [-0.4, -0.2) is 55.0 Å². The number of aromatic nitrogens is 4. The number of likely N-dealkylation sites (N-methyl/N-ethyl adjacent to an activating group) is 1. The maximum atomic E-state index is 9.92. The molecule has 0 saturated heterocycles. The van der Waals surface area contributed by atoms with E-state index in [1.54, 1.807) is 18.5 Å². The van der Waals surface area contributed by atoms with Gasteiger partial charge in [0.25, 0.3) is 0 Å². The summed E-state index contributed by atoms with van der Waals surface area (Å²) in [7, 11) is 1.95. The zero-order chi connectivity index (χ0) is 22.0. The Morgan fingerprint density at radius 3 is 2.40 bits per heavy atom. The van der Waals surface area contributed by atoms with Crippen molar-refractivity contribution in [2.45, 2.75) is 46.1 Å². The Bertz CT molecular complexity index is 1020. The monoisotopic (exact) mass is 413 g/mol. The zero-order valence-electron chi connectivity index (χ0n) is 18.2. The number of phenolic OH excluding ortho intramolecular Hbond substituents is 2. The van der Waals surface area contributed by atoms with Gasteiger partial charge in [-0.3, -0.25) is 0 Å². The summed E-state index contributed by atoms with van der Waals surface area (Å²) in [4.78, 5) is 16.2. The van der Waals surface area contributed by atoms with E-state index in [-0.39, 0.29) is 36.0 Å². The summed E-state index contributed by atoms with van der Waals surface area (Å²) >= 11 is 0. The molecular formula is C22H31N5O3. The lowest BCUT2D eigenvalue weighted by Gasteiger charge is -2.22. The minimum atomic E-state index is -0.161. The molecule has 0 spiro atoms. The fourth-order valence-electron chi connectivity index (χ4n) is 3.45. The van der Waals surface area contributed by atoms with Crippen molar-refractivity contribution in [2.24, 2.45) is 5.92 Å². The number of phenols is 2. The van der Waals surface area contributed by atoms with Crippen LogP contribution < -0.4 is 4.90 Å². The Morgan fingerprint density at radius 1 is 1.07 bits per heavy atom. The van der Waals surface area contributed by atoms with E-state index in [2.05, 4.69) is 32.7 Å². The topological polar surface area (TPSA) is 108 Å². The number of benzene rings is 1. The SMILES string of the molecule is CC(C)C(CO)c1nc(N(C)CCc2ccc(O)c(O)c2)c2ncn(C(C)C)c2n1. The Hall–Kier alpha value is -2.87. The molecular weight excluding hydrogens is 382 g/mol. The fraction of sp³-hybridized carbons (Fsp3) is 0.500. The Balaban J connectivity index is 1.98. The number of imidazole rings is 1. The van der Waals surface area contributed by atoms with Crippen molar-refractivity contribution in [2.75, 3.05) is 25.1 Å². The molecule has 3 aromatic rings. The molecule has 2 heterocycles.